The van der Waals surface area contributed by atoms with Crippen LogP contribution in [0.4, 0.5) is 8.78 Å². The summed E-state index contributed by atoms with van der Waals surface area (Å²) in [5.74, 6) is 0.458. The van der Waals surface area contributed by atoms with Gasteiger partial charge in [-0.1, -0.05) is 76.6 Å². The number of ether oxygens (including phenoxy) is 1. The summed E-state index contributed by atoms with van der Waals surface area (Å²) in [6, 6.07) is 12.1. The number of hydrogen-bond acceptors (Lipinski definition) is 2. The molecule has 2 nitrogen and oxygen atoms in total. The number of rotatable bonds is 14. The average Bonchev–Trinajstić information content (AvgIpc) is 2.75. The molecular formula is C25H35F2NO. The maximum absolute atomic E-state index is 13.7. The van der Waals surface area contributed by atoms with Crippen LogP contribution in [0.5, 0.6) is 5.75 Å². The van der Waals surface area contributed by atoms with Crippen molar-refractivity contribution in [3.63, 3.8) is 0 Å². The molecule has 0 aliphatic heterocycles. The van der Waals surface area contributed by atoms with Crippen LogP contribution in [0.3, 0.4) is 0 Å². The van der Waals surface area contributed by atoms with Crippen molar-refractivity contribution in [3.8, 4) is 17.0 Å². The SMILES string of the molecule is CCCCCCCCc1ccc(-c2ccc(OC[C@H](F)[C@@H](F)CCC)cn2)cc1. The number of alkyl halides is 2. The summed E-state index contributed by atoms with van der Waals surface area (Å²) in [5, 5.41) is 0. The smallest absolute Gasteiger partial charge is 0.165 e. The lowest BCUT2D eigenvalue weighted by molar-refractivity contribution is 0.103. The highest BCUT2D eigenvalue weighted by Crippen LogP contribution is 2.21. The molecule has 0 bridgehead atoms. The lowest BCUT2D eigenvalue weighted by atomic mass is 10.0. The van der Waals surface area contributed by atoms with Crippen LogP contribution < -0.4 is 4.74 Å². The van der Waals surface area contributed by atoms with E-state index >= 15 is 0 Å². The number of unbranched alkanes of at least 4 members (excludes halogenated alkanes) is 5. The molecular weight excluding hydrogens is 368 g/mol. The van der Waals surface area contributed by atoms with Gasteiger partial charge < -0.3 is 4.74 Å². The fourth-order valence-corrected chi connectivity index (χ4v) is 3.32. The maximum atomic E-state index is 13.7. The minimum absolute atomic E-state index is 0.219. The summed E-state index contributed by atoms with van der Waals surface area (Å²) >= 11 is 0. The molecule has 0 N–H and O–H groups in total. The molecule has 160 valence electrons. The predicted octanol–water partition coefficient (Wildman–Crippen LogP) is 7.51. The monoisotopic (exact) mass is 403 g/mol. The topological polar surface area (TPSA) is 22.1 Å². The predicted molar refractivity (Wildman–Crippen MR) is 117 cm³/mol. The second-order valence-electron chi connectivity index (χ2n) is 7.73. The van der Waals surface area contributed by atoms with Crippen molar-refractivity contribution in [2.75, 3.05) is 6.61 Å². The van der Waals surface area contributed by atoms with Crippen molar-refractivity contribution in [2.45, 2.75) is 84.0 Å². The summed E-state index contributed by atoms with van der Waals surface area (Å²) < 4.78 is 32.5. The zero-order valence-electron chi connectivity index (χ0n) is 17.9. The van der Waals surface area contributed by atoms with E-state index in [1.54, 1.807) is 12.3 Å². The lowest BCUT2D eigenvalue weighted by Gasteiger charge is -2.14. The highest BCUT2D eigenvalue weighted by Gasteiger charge is 2.20. The normalized spacial score (nSPS) is 13.2. The van der Waals surface area contributed by atoms with Crippen molar-refractivity contribution in [2.24, 2.45) is 0 Å². The fraction of sp³-hybridized carbons (Fsp3) is 0.560. The molecule has 0 aliphatic rings. The minimum atomic E-state index is -1.60. The van der Waals surface area contributed by atoms with Crippen molar-refractivity contribution >= 4 is 0 Å². The minimum Gasteiger partial charge on any atom is -0.489 e. The fourth-order valence-electron chi connectivity index (χ4n) is 3.32. The van der Waals surface area contributed by atoms with E-state index in [2.05, 4.69) is 36.2 Å². The zero-order valence-corrected chi connectivity index (χ0v) is 17.9. The number of aromatic nitrogens is 1. The van der Waals surface area contributed by atoms with Gasteiger partial charge in [-0.3, -0.25) is 4.98 Å². The molecule has 2 aromatic rings. The van der Waals surface area contributed by atoms with Gasteiger partial charge in [0.2, 0.25) is 0 Å². The van der Waals surface area contributed by atoms with Crippen LogP contribution in [0.25, 0.3) is 11.3 Å². The Labute approximate surface area is 174 Å². The molecule has 29 heavy (non-hydrogen) atoms. The van der Waals surface area contributed by atoms with Gasteiger partial charge in [0.1, 0.15) is 18.5 Å². The molecule has 0 aliphatic carbocycles. The Hall–Kier alpha value is -1.97. The summed E-state index contributed by atoms with van der Waals surface area (Å²) in [6.45, 7) is 3.80. The zero-order chi connectivity index (χ0) is 20.9. The van der Waals surface area contributed by atoms with Gasteiger partial charge in [0, 0.05) is 5.56 Å². The number of nitrogens with zero attached hydrogens (tertiary/aromatic N) is 1. The molecule has 0 spiro atoms. The summed E-state index contributed by atoms with van der Waals surface area (Å²) in [6.07, 6.45) is 8.29. The molecule has 0 unspecified atom stereocenters. The summed E-state index contributed by atoms with van der Waals surface area (Å²) in [5.41, 5.74) is 3.24. The first kappa shape index (κ1) is 23.3. The van der Waals surface area contributed by atoms with Gasteiger partial charge in [0.25, 0.3) is 0 Å². The second kappa shape index (κ2) is 13.3. The molecule has 1 aromatic carbocycles. The highest BCUT2D eigenvalue weighted by atomic mass is 19.2. The quantitative estimate of drug-likeness (QED) is 0.305. The Morgan fingerprint density at radius 2 is 1.55 bits per heavy atom. The van der Waals surface area contributed by atoms with Crippen LogP contribution >= 0.6 is 0 Å². The standard InChI is InChI=1S/C25H35F2NO/c1-3-5-6-7-8-9-11-20-12-14-21(15-13-20)25-17-16-22(18-28-25)29-19-24(27)23(26)10-4-2/h12-18,23-24H,3-11,19H2,1-2H3/t23-,24-/m0/s1. The van der Waals surface area contributed by atoms with Gasteiger partial charge in [0.15, 0.2) is 6.17 Å². The molecule has 0 fully saturated rings. The third-order valence-corrected chi connectivity index (χ3v) is 5.17. The number of aryl methyl sites for hydroxylation is 1. The van der Waals surface area contributed by atoms with E-state index in [9.17, 15) is 8.78 Å². The van der Waals surface area contributed by atoms with Gasteiger partial charge in [-0.25, -0.2) is 8.78 Å². The number of halogens is 2. The van der Waals surface area contributed by atoms with Crippen LogP contribution in [-0.2, 0) is 6.42 Å². The van der Waals surface area contributed by atoms with E-state index in [0.717, 1.165) is 17.7 Å². The Kier molecular flexibility index (Phi) is 10.7. The van der Waals surface area contributed by atoms with Gasteiger partial charge in [0.05, 0.1) is 11.9 Å². The number of benzene rings is 1. The number of pyridine rings is 1. The van der Waals surface area contributed by atoms with Gasteiger partial charge in [-0.15, -0.1) is 0 Å². The maximum Gasteiger partial charge on any atom is 0.165 e. The number of hydrogen-bond donors (Lipinski definition) is 0. The third-order valence-electron chi connectivity index (χ3n) is 5.17. The van der Waals surface area contributed by atoms with Crippen molar-refractivity contribution in [3.05, 3.63) is 48.2 Å². The van der Waals surface area contributed by atoms with Crippen molar-refractivity contribution in [1.82, 2.24) is 4.98 Å². The van der Waals surface area contributed by atoms with Crippen LogP contribution in [0.1, 0.15) is 70.8 Å². The van der Waals surface area contributed by atoms with Crippen LogP contribution in [-0.4, -0.2) is 23.9 Å². The van der Waals surface area contributed by atoms with Crippen molar-refractivity contribution < 1.29 is 13.5 Å². The molecule has 4 heteroatoms. The van der Waals surface area contributed by atoms with E-state index in [0.29, 0.717) is 12.2 Å². The molecule has 2 rings (SSSR count). The van der Waals surface area contributed by atoms with Crippen molar-refractivity contribution in [1.29, 1.82) is 0 Å². The molecule has 1 aromatic heterocycles. The Balaban J connectivity index is 1.79. The third kappa shape index (κ3) is 8.51. The highest BCUT2D eigenvalue weighted by molar-refractivity contribution is 5.59. The summed E-state index contributed by atoms with van der Waals surface area (Å²) in [4.78, 5) is 4.40. The van der Waals surface area contributed by atoms with Crippen LogP contribution in [0.2, 0.25) is 0 Å². The molecule has 2 atom stereocenters. The van der Waals surface area contributed by atoms with E-state index < -0.39 is 12.3 Å². The van der Waals surface area contributed by atoms with E-state index in [4.69, 9.17) is 4.74 Å². The van der Waals surface area contributed by atoms with Crippen LogP contribution in [0, 0.1) is 0 Å². The van der Waals surface area contributed by atoms with E-state index in [-0.39, 0.29) is 13.0 Å². The largest absolute Gasteiger partial charge is 0.489 e. The van der Waals surface area contributed by atoms with Gasteiger partial charge in [-0.05, 0) is 37.0 Å². The second-order valence-corrected chi connectivity index (χ2v) is 7.73. The lowest BCUT2D eigenvalue weighted by Crippen LogP contribution is -2.24. The first-order chi connectivity index (χ1) is 14.1. The molecule has 0 saturated heterocycles. The molecule has 0 amide bonds. The van der Waals surface area contributed by atoms with Gasteiger partial charge in [-0.2, -0.15) is 0 Å². The Bertz CT molecular complexity index is 672. The summed E-state index contributed by atoms with van der Waals surface area (Å²) in [7, 11) is 0. The van der Waals surface area contributed by atoms with Crippen LogP contribution in [0.15, 0.2) is 42.6 Å². The van der Waals surface area contributed by atoms with E-state index in [1.807, 2.05) is 13.0 Å². The molecule has 0 saturated carbocycles. The van der Waals surface area contributed by atoms with E-state index in [1.165, 1.54) is 44.1 Å². The molecule has 0 radical (unpaired) electrons. The first-order valence-electron chi connectivity index (χ1n) is 11.1. The Morgan fingerprint density at radius 1 is 0.828 bits per heavy atom. The Morgan fingerprint density at radius 3 is 2.21 bits per heavy atom. The average molecular weight is 404 g/mol. The van der Waals surface area contributed by atoms with Gasteiger partial charge >= 0.3 is 0 Å². The first-order valence-corrected chi connectivity index (χ1v) is 11.1. The molecule has 1 heterocycles.